The number of aromatic nitrogens is 4. The Labute approximate surface area is 154 Å². The molecule has 4 rings (SSSR count). The quantitative estimate of drug-likeness (QED) is 0.508. The molecule has 3 heterocycles. The SMILES string of the molecule is Fc1ccc(Nc2cncc(-c3c(C(F)(F)F)nc4ccccn34)n2)cc1F. The van der Waals surface area contributed by atoms with Gasteiger partial charge in [-0.25, -0.2) is 18.7 Å². The first kappa shape index (κ1) is 17.8. The lowest BCUT2D eigenvalue weighted by Crippen LogP contribution is -2.09. The summed E-state index contributed by atoms with van der Waals surface area (Å²) < 4.78 is 68.1. The number of nitrogens with one attached hydrogen (secondary N) is 1. The predicted molar refractivity (Wildman–Crippen MR) is 90.9 cm³/mol. The highest BCUT2D eigenvalue weighted by atomic mass is 19.4. The minimum atomic E-state index is -4.70. The second kappa shape index (κ2) is 6.55. The van der Waals surface area contributed by atoms with Crippen LogP contribution in [-0.2, 0) is 6.18 Å². The highest BCUT2D eigenvalue weighted by Gasteiger charge is 2.38. The summed E-state index contributed by atoms with van der Waals surface area (Å²) >= 11 is 0. The number of alkyl halides is 3. The molecule has 28 heavy (non-hydrogen) atoms. The monoisotopic (exact) mass is 391 g/mol. The third kappa shape index (κ3) is 3.24. The van der Waals surface area contributed by atoms with E-state index in [0.29, 0.717) is 0 Å². The largest absolute Gasteiger partial charge is 0.435 e. The molecule has 0 aliphatic rings. The van der Waals surface area contributed by atoms with E-state index in [1.165, 1.54) is 35.1 Å². The van der Waals surface area contributed by atoms with Crippen LogP contribution in [0.5, 0.6) is 0 Å². The first-order valence-corrected chi connectivity index (χ1v) is 7.92. The summed E-state index contributed by atoms with van der Waals surface area (Å²) in [7, 11) is 0. The van der Waals surface area contributed by atoms with E-state index in [1.807, 2.05) is 0 Å². The molecule has 1 aromatic carbocycles. The van der Waals surface area contributed by atoms with Gasteiger partial charge in [-0.1, -0.05) is 6.07 Å². The van der Waals surface area contributed by atoms with Gasteiger partial charge < -0.3 is 5.32 Å². The van der Waals surface area contributed by atoms with Crippen LogP contribution in [0.1, 0.15) is 5.69 Å². The fourth-order valence-electron chi connectivity index (χ4n) is 2.70. The number of halogens is 5. The van der Waals surface area contributed by atoms with E-state index in [0.717, 1.165) is 12.1 Å². The van der Waals surface area contributed by atoms with Crippen LogP contribution in [0.3, 0.4) is 0 Å². The second-order valence-corrected chi connectivity index (χ2v) is 5.78. The lowest BCUT2D eigenvalue weighted by Gasteiger charge is -2.10. The van der Waals surface area contributed by atoms with E-state index in [2.05, 4.69) is 20.3 Å². The number of hydrogen-bond acceptors (Lipinski definition) is 4. The summed E-state index contributed by atoms with van der Waals surface area (Å²) in [6.07, 6.45) is -0.847. The molecule has 0 bridgehead atoms. The van der Waals surface area contributed by atoms with Crippen LogP contribution in [-0.4, -0.2) is 19.4 Å². The fraction of sp³-hybridized carbons (Fsp3) is 0.0556. The molecule has 4 aromatic rings. The Balaban J connectivity index is 1.80. The molecule has 0 saturated carbocycles. The molecule has 0 saturated heterocycles. The normalized spacial score (nSPS) is 11.8. The standard InChI is InChI=1S/C18H10F5N5/c19-11-5-4-10(7-12(11)20)25-14-9-24-8-13(26-14)16-17(18(21,22)23)27-15-3-1-2-6-28(15)16/h1-9H,(H,25,26). The number of anilines is 2. The van der Waals surface area contributed by atoms with E-state index >= 15 is 0 Å². The topological polar surface area (TPSA) is 55.1 Å². The summed E-state index contributed by atoms with van der Waals surface area (Å²) in [5.74, 6) is -2.04. The summed E-state index contributed by atoms with van der Waals surface area (Å²) in [6.45, 7) is 0. The van der Waals surface area contributed by atoms with Crippen molar-refractivity contribution in [3.63, 3.8) is 0 Å². The molecule has 0 aliphatic carbocycles. The first-order chi connectivity index (χ1) is 13.3. The average molecular weight is 391 g/mol. The Morgan fingerprint density at radius 3 is 2.50 bits per heavy atom. The molecule has 0 aliphatic heterocycles. The summed E-state index contributed by atoms with van der Waals surface area (Å²) in [4.78, 5) is 11.7. The minimum absolute atomic E-state index is 0.0579. The van der Waals surface area contributed by atoms with Gasteiger partial charge in [0.05, 0.1) is 12.4 Å². The molecule has 0 spiro atoms. The molecule has 3 aromatic heterocycles. The summed E-state index contributed by atoms with van der Waals surface area (Å²) in [5, 5.41) is 2.69. The van der Waals surface area contributed by atoms with Crippen LogP contribution in [0, 0.1) is 11.6 Å². The van der Waals surface area contributed by atoms with Crippen molar-refractivity contribution in [1.82, 2.24) is 19.4 Å². The number of benzene rings is 1. The van der Waals surface area contributed by atoms with E-state index in [-0.39, 0.29) is 28.5 Å². The van der Waals surface area contributed by atoms with Gasteiger partial charge >= 0.3 is 6.18 Å². The number of fused-ring (bicyclic) bond motifs is 1. The summed E-state index contributed by atoms with van der Waals surface area (Å²) in [5.41, 5.74) is -1.19. The minimum Gasteiger partial charge on any atom is -0.339 e. The van der Waals surface area contributed by atoms with Gasteiger partial charge in [0.2, 0.25) is 0 Å². The number of pyridine rings is 1. The van der Waals surface area contributed by atoms with Gasteiger partial charge in [-0.05, 0) is 24.3 Å². The van der Waals surface area contributed by atoms with Crippen LogP contribution in [0.25, 0.3) is 17.0 Å². The van der Waals surface area contributed by atoms with Crippen molar-refractivity contribution in [2.24, 2.45) is 0 Å². The molecule has 0 atom stereocenters. The lowest BCUT2D eigenvalue weighted by atomic mass is 10.2. The van der Waals surface area contributed by atoms with Gasteiger partial charge in [-0.2, -0.15) is 13.2 Å². The van der Waals surface area contributed by atoms with Crippen LogP contribution < -0.4 is 5.32 Å². The maximum atomic E-state index is 13.5. The molecule has 0 unspecified atom stereocenters. The number of imidazole rings is 1. The van der Waals surface area contributed by atoms with Crippen molar-refractivity contribution in [2.75, 3.05) is 5.32 Å². The van der Waals surface area contributed by atoms with Crippen LogP contribution in [0.2, 0.25) is 0 Å². The number of nitrogens with zero attached hydrogens (tertiary/aromatic N) is 4. The molecule has 0 amide bonds. The van der Waals surface area contributed by atoms with Gasteiger partial charge in [0.1, 0.15) is 22.9 Å². The summed E-state index contributed by atoms with van der Waals surface area (Å²) in [6, 6.07) is 7.66. The van der Waals surface area contributed by atoms with Crippen LogP contribution in [0.15, 0.2) is 55.0 Å². The van der Waals surface area contributed by atoms with E-state index in [1.54, 1.807) is 12.1 Å². The highest BCUT2D eigenvalue weighted by molar-refractivity contribution is 5.66. The van der Waals surface area contributed by atoms with Gasteiger partial charge in [0.15, 0.2) is 17.3 Å². The number of hydrogen-bond donors (Lipinski definition) is 1. The molecular weight excluding hydrogens is 381 g/mol. The van der Waals surface area contributed by atoms with Crippen molar-refractivity contribution in [3.05, 3.63) is 72.3 Å². The van der Waals surface area contributed by atoms with Gasteiger partial charge in [0.25, 0.3) is 0 Å². The zero-order valence-corrected chi connectivity index (χ0v) is 13.9. The zero-order chi connectivity index (χ0) is 19.9. The number of rotatable bonds is 3. The highest BCUT2D eigenvalue weighted by Crippen LogP contribution is 2.36. The molecule has 0 fully saturated rings. The zero-order valence-electron chi connectivity index (χ0n) is 13.9. The Hall–Kier alpha value is -3.56. The molecule has 142 valence electrons. The van der Waals surface area contributed by atoms with Crippen LogP contribution >= 0.6 is 0 Å². The Morgan fingerprint density at radius 2 is 1.75 bits per heavy atom. The predicted octanol–water partition coefficient (Wildman–Crippen LogP) is 4.83. The van der Waals surface area contributed by atoms with Gasteiger partial charge in [-0.15, -0.1) is 0 Å². The van der Waals surface area contributed by atoms with Crippen molar-refractivity contribution in [1.29, 1.82) is 0 Å². The Morgan fingerprint density at radius 1 is 0.929 bits per heavy atom. The molecular formula is C18H10F5N5. The van der Waals surface area contributed by atoms with Crippen molar-refractivity contribution < 1.29 is 22.0 Å². The van der Waals surface area contributed by atoms with E-state index in [9.17, 15) is 22.0 Å². The van der Waals surface area contributed by atoms with Gasteiger partial charge in [0, 0.05) is 18.0 Å². The molecule has 5 nitrogen and oxygen atoms in total. The second-order valence-electron chi connectivity index (χ2n) is 5.78. The Bertz CT molecular complexity index is 1170. The van der Waals surface area contributed by atoms with Crippen molar-refractivity contribution >= 4 is 17.2 Å². The lowest BCUT2D eigenvalue weighted by molar-refractivity contribution is -0.140. The molecule has 10 heteroatoms. The van der Waals surface area contributed by atoms with Crippen molar-refractivity contribution in [2.45, 2.75) is 6.18 Å². The molecule has 0 radical (unpaired) electrons. The smallest absolute Gasteiger partial charge is 0.339 e. The maximum Gasteiger partial charge on any atom is 0.435 e. The first-order valence-electron chi connectivity index (χ1n) is 7.92. The third-order valence-corrected chi connectivity index (χ3v) is 3.87. The van der Waals surface area contributed by atoms with Gasteiger partial charge in [-0.3, -0.25) is 9.38 Å². The van der Waals surface area contributed by atoms with E-state index < -0.39 is 23.5 Å². The molecule has 1 N–H and O–H groups in total. The average Bonchev–Trinajstić information content (AvgIpc) is 3.05. The third-order valence-electron chi connectivity index (χ3n) is 3.87. The van der Waals surface area contributed by atoms with E-state index in [4.69, 9.17) is 0 Å². The Kier molecular flexibility index (Phi) is 4.17. The van der Waals surface area contributed by atoms with Crippen LogP contribution in [0.4, 0.5) is 33.5 Å². The maximum absolute atomic E-state index is 13.5. The fourth-order valence-corrected chi connectivity index (χ4v) is 2.70. The van der Waals surface area contributed by atoms with Crippen molar-refractivity contribution in [3.8, 4) is 11.4 Å².